The van der Waals surface area contributed by atoms with E-state index in [1.807, 2.05) is 0 Å². The van der Waals surface area contributed by atoms with Gasteiger partial charge in [0.15, 0.2) is 5.82 Å². The highest BCUT2D eigenvalue weighted by Crippen LogP contribution is 2.38. The Balaban J connectivity index is 1.54. The van der Waals surface area contributed by atoms with Crippen molar-refractivity contribution in [3.63, 3.8) is 0 Å². The monoisotopic (exact) mass is 513 g/mol. The molecule has 2 heterocycles. The Morgan fingerprint density at radius 1 is 1.14 bits per heavy atom. The van der Waals surface area contributed by atoms with Crippen LogP contribution in [0, 0.1) is 11.8 Å². The third kappa shape index (κ3) is 5.47. The van der Waals surface area contributed by atoms with Crippen molar-refractivity contribution in [2.45, 2.75) is 44.8 Å². The van der Waals surface area contributed by atoms with E-state index in [0.717, 1.165) is 37.8 Å². The van der Waals surface area contributed by atoms with Gasteiger partial charge in [0, 0.05) is 36.0 Å². The van der Waals surface area contributed by atoms with Gasteiger partial charge < -0.3 is 9.74 Å². The van der Waals surface area contributed by atoms with E-state index in [9.17, 15) is 18.0 Å². The molecule has 2 fully saturated rings. The Labute approximate surface area is 211 Å². The lowest BCUT2D eigenvalue weighted by atomic mass is 9.98. The molecule has 5 rings (SSSR count). The fourth-order valence-corrected chi connectivity index (χ4v) is 4.27. The Morgan fingerprint density at radius 2 is 1.84 bits per heavy atom. The Hall–Kier alpha value is -3.83. The molecule has 0 radical (unpaired) electrons. The minimum absolute atomic E-state index is 0.0114. The minimum Gasteiger partial charge on any atom is -0.399 e. The summed E-state index contributed by atoms with van der Waals surface area (Å²) in [5.41, 5.74) is -0.311. The number of alkyl halides is 3. The average Bonchev–Trinajstić information content (AvgIpc) is 3.83. The molecule has 0 saturated heterocycles. The maximum Gasteiger partial charge on any atom is 0.416 e. The van der Waals surface area contributed by atoms with Crippen LogP contribution in [-0.2, 0) is 11.0 Å². The number of amides is 1. The first kappa shape index (κ1) is 24.8. The molecular formula is C25H26F3N7O2. The highest BCUT2D eigenvalue weighted by atomic mass is 19.4. The molecule has 2 saturated carbocycles. The maximum atomic E-state index is 13.9. The summed E-state index contributed by atoms with van der Waals surface area (Å²) in [6.07, 6.45) is 3.35. The third-order valence-corrected chi connectivity index (χ3v) is 6.53. The van der Waals surface area contributed by atoms with Gasteiger partial charge in [0.1, 0.15) is 13.4 Å². The van der Waals surface area contributed by atoms with Crippen LogP contribution >= 0.6 is 0 Å². The van der Waals surface area contributed by atoms with Gasteiger partial charge in [0.05, 0.1) is 17.3 Å². The molecule has 1 unspecified atom stereocenters. The molecule has 2 aromatic heterocycles. The first-order chi connectivity index (χ1) is 17.8. The van der Waals surface area contributed by atoms with E-state index >= 15 is 0 Å². The van der Waals surface area contributed by atoms with Crippen LogP contribution in [0.2, 0.25) is 0 Å². The van der Waals surface area contributed by atoms with E-state index in [-0.39, 0.29) is 28.9 Å². The van der Waals surface area contributed by atoms with Gasteiger partial charge in [-0.1, -0.05) is 5.16 Å². The first-order valence-corrected chi connectivity index (χ1v) is 12.1. The molecule has 9 nitrogen and oxygen atoms in total. The van der Waals surface area contributed by atoms with Crippen molar-refractivity contribution in [2.75, 3.05) is 13.7 Å². The number of halogens is 3. The van der Waals surface area contributed by atoms with Crippen LogP contribution in [0.4, 0.5) is 13.2 Å². The molecule has 0 N–H and O–H groups in total. The van der Waals surface area contributed by atoms with Crippen LogP contribution in [-0.4, -0.2) is 54.9 Å². The average molecular weight is 514 g/mol. The zero-order chi connectivity index (χ0) is 26.2. The van der Waals surface area contributed by atoms with Gasteiger partial charge in [-0.2, -0.15) is 23.0 Å². The molecule has 1 amide bonds. The maximum absolute atomic E-state index is 13.9. The van der Waals surface area contributed by atoms with Crippen LogP contribution in [0.5, 0.6) is 0 Å². The molecule has 1 atom stereocenters. The van der Waals surface area contributed by atoms with Gasteiger partial charge in [0.2, 0.25) is 0 Å². The van der Waals surface area contributed by atoms with Gasteiger partial charge >= 0.3 is 6.18 Å². The standard InChI is InChI=1S/C25H26F3N7O2/c1-15(22-31-14-32-35(22)24-29-8-3-9-30-24)34(13-16-4-5-16)23(36)19-10-18(11-20(12-19)25(26,27)28)21(33-37-2)17-6-7-17/h3,8-12,14-17H,4-7,13H2,1-2H3/b33-21-. The molecule has 0 spiro atoms. The molecule has 0 aliphatic heterocycles. The first-order valence-electron chi connectivity index (χ1n) is 12.1. The summed E-state index contributed by atoms with van der Waals surface area (Å²) in [5.74, 6) is 0.456. The number of aromatic nitrogens is 5. The van der Waals surface area contributed by atoms with Crippen molar-refractivity contribution >= 4 is 11.6 Å². The van der Waals surface area contributed by atoms with Crippen molar-refractivity contribution in [1.29, 1.82) is 0 Å². The molecule has 1 aromatic carbocycles. The second kappa shape index (κ2) is 9.91. The molecule has 194 valence electrons. The summed E-state index contributed by atoms with van der Waals surface area (Å²) in [6.45, 7) is 2.16. The highest BCUT2D eigenvalue weighted by Gasteiger charge is 2.37. The van der Waals surface area contributed by atoms with Gasteiger partial charge in [-0.05, 0) is 62.8 Å². The smallest absolute Gasteiger partial charge is 0.399 e. The predicted molar refractivity (Wildman–Crippen MR) is 127 cm³/mol. The largest absolute Gasteiger partial charge is 0.416 e. The van der Waals surface area contributed by atoms with E-state index in [1.165, 1.54) is 24.2 Å². The number of benzene rings is 1. The number of carbonyl (C=O) groups excluding carboxylic acids is 1. The lowest BCUT2D eigenvalue weighted by molar-refractivity contribution is -0.137. The van der Waals surface area contributed by atoms with Crippen molar-refractivity contribution in [3.05, 3.63) is 65.5 Å². The van der Waals surface area contributed by atoms with E-state index in [1.54, 1.807) is 30.3 Å². The van der Waals surface area contributed by atoms with E-state index in [4.69, 9.17) is 4.84 Å². The zero-order valence-electron chi connectivity index (χ0n) is 20.4. The van der Waals surface area contributed by atoms with Gasteiger partial charge in [-0.25, -0.2) is 15.0 Å². The van der Waals surface area contributed by atoms with Crippen LogP contribution in [0.3, 0.4) is 0 Å². The number of carbonyl (C=O) groups is 1. The lowest BCUT2D eigenvalue weighted by Crippen LogP contribution is -2.37. The summed E-state index contributed by atoms with van der Waals surface area (Å²) in [4.78, 5) is 33.1. The van der Waals surface area contributed by atoms with Gasteiger partial charge in [0.25, 0.3) is 11.9 Å². The van der Waals surface area contributed by atoms with Crippen LogP contribution in [0.1, 0.15) is 66.0 Å². The summed E-state index contributed by atoms with van der Waals surface area (Å²) in [7, 11) is 1.35. The quantitative estimate of drug-likeness (QED) is 0.310. The summed E-state index contributed by atoms with van der Waals surface area (Å²) in [6, 6.07) is 4.48. The van der Waals surface area contributed by atoms with Crippen molar-refractivity contribution in [1.82, 2.24) is 29.6 Å². The summed E-state index contributed by atoms with van der Waals surface area (Å²) < 4.78 is 43.1. The van der Waals surface area contributed by atoms with E-state index in [0.29, 0.717) is 18.1 Å². The third-order valence-electron chi connectivity index (χ3n) is 6.53. The Kier molecular flexibility index (Phi) is 6.65. The number of hydrogen-bond acceptors (Lipinski definition) is 7. The zero-order valence-corrected chi connectivity index (χ0v) is 20.4. The molecular weight excluding hydrogens is 487 g/mol. The Bertz CT molecular complexity index is 1300. The van der Waals surface area contributed by atoms with Crippen molar-refractivity contribution in [2.24, 2.45) is 17.0 Å². The van der Waals surface area contributed by atoms with Crippen LogP contribution < -0.4 is 0 Å². The predicted octanol–water partition coefficient (Wildman–Crippen LogP) is 4.45. The summed E-state index contributed by atoms with van der Waals surface area (Å²) >= 11 is 0. The fourth-order valence-electron chi connectivity index (χ4n) is 4.27. The van der Waals surface area contributed by atoms with E-state index < -0.39 is 23.7 Å². The minimum atomic E-state index is -4.63. The van der Waals surface area contributed by atoms with E-state index in [2.05, 4.69) is 25.2 Å². The normalized spacial score (nSPS) is 16.9. The van der Waals surface area contributed by atoms with Crippen molar-refractivity contribution in [3.8, 4) is 5.95 Å². The lowest BCUT2D eigenvalue weighted by Gasteiger charge is -2.29. The molecule has 3 aromatic rings. The number of oxime groups is 1. The van der Waals surface area contributed by atoms with Crippen LogP contribution in [0.15, 0.2) is 48.1 Å². The topological polar surface area (TPSA) is 98.4 Å². The fraction of sp³-hybridized carbons (Fsp3) is 0.440. The number of nitrogens with zero attached hydrogens (tertiary/aromatic N) is 7. The highest BCUT2D eigenvalue weighted by molar-refractivity contribution is 6.05. The van der Waals surface area contributed by atoms with Crippen LogP contribution in [0.25, 0.3) is 5.95 Å². The number of rotatable bonds is 9. The molecule has 2 aliphatic carbocycles. The molecule has 0 bridgehead atoms. The SMILES string of the molecule is CO/N=C(\c1cc(C(=O)N(CC2CC2)C(C)c2ncnn2-c2ncccn2)cc(C(F)(F)F)c1)C1CC1. The van der Waals surface area contributed by atoms with Gasteiger partial charge in [-0.15, -0.1) is 0 Å². The van der Waals surface area contributed by atoms with Crippen molar-refractivity contribution < 1.29 is 22.8 Å². The molecule has 2 aliphatic rings. The summed E-state index contributed by atoms with van der Waals surface area (Å²) in [5, 5.41) is 8.20. The molecule has 37 heavy (non-hydrogen) atoms. The second-order valence-corrected chi connectivity index (χ2v) is 9.39. The molecule has 12 heteroatoms. The second-order valence-electron chi connectivity index (χ2n) is 9.39. The Morgan fingerprint density at radius 3 is 2.46 bits per heavy atom. The number of hydrogen-bond donors (Lipinski definition) is 0. The van der Waals surface area contributed by atoms with Gasteiger partial charge in [-0.3, -0.25) is 4.79 Å².